The van der Waals surface area contributed by atoms with Crippen LogP contribution in [0.1, 0.15) is 24.5 Å². The minimum atomic E-state index is -0.168. The van der Waals surface area contributed by atoms with E-state index in [0.29, 0.717) is 13.0 Å². The smallest absolute Gasteiger partial charge is 0.246 e. The molecule has 6 heteroatoms. The summed E-state index contributed by atoms with van der Waals surface area (Å²) >= 11 is 0. The third-order valence-electron chi connectivity index (χ3n) is 5.19. The van der Waals surface area contributed by atoms with Gasteiger partial charge in [0.1, 0.15) is 6.54 Å². The normalized spacial score (nSPS) is 16.6. The van der Waals surface area contributed by atoms with Gasteiger partial charge < -0.3 is 15.1 Å². The van der Waals surface area contributed by atoms with Crippen LogP contribution in [0.15, 0.2) is 54.6 Å². The number of hydrogen-bond donors (Lipinski definition) is 1. The second-order valence-electron chi connectivity index (χ2n) is 7.39. The van der Waals surface area contributed by atoms with Crippen molar-refractivity contribution < 1.29 is 14.4 Å². The van der Waals surface area contributed by atoms with E-state index in [9.17, 15) is 14.4 Å². The molecule has 3 rings (SSSR count). The van der Waals surface area contributed by atoms with Crippen LogP contribution in [0.2, 0.25) is 0 Å². The fraction of sp³-hybridized carbons (Fsp3) is 0.348. The summed E-state index contributed by atoms with van der Waals surface area (Å²) in [6, 6.07) is 17.7. The molecule has 0 aromatic heterocycles. The number of carbonyl (C=O) groups excluding carboxylic acids is 3. The lowest BCUT2D eigenvalue weighted by atomic mass is 10.00. The Labute approximate surface area is 171 Å². The van der Waals surface area contributed by atoms with Crippen LogP contribution >= 0.6 is 0 Å². The zero-order valence-corrected chi connectivity index (χ0v) is 16.9. The maximum absolute atomic E-state index is 12.9. The second kappa shape index (κ2) is 9.37. The SMILES string of the molecule is CC(=O)NCCC(=O)N1CC(=O)N(c2ccccc2C)C[C@H]1Cc1ccccc1. The van der Waals surface area contributed by atoms with Crippen LogP contribution in [0, 0.1) is 6.92 Å². The van der Waals surface area contributed by atoms with E-state index in [-0.39, 0.29) is 43.3 Å². The molecule has 0 radical (unpaired) electrons. The minimum Gasteiger partial charge on any atom is -0.356 e. The van der Waals surface area contributed by atoms with Crippen molar-refractivity contribution in [3.63, 3.8) is 0 Å². The van der Waals surface area contributed by atoms with Crippen molar-refractivity contribution in [3.8, 4) is 0 Å². The van der Waals surface area contributed by atoms with Gasteiger partial charge in [-0.25, -0.2) is 0 Å². The number of benzene rings is 2. The van der Waals surface area contributed by atoms with Crippen LogP contribution in [0.4, 0.5) is 5.69 Å². The van der Waals surface area contributed by atoms with Gasteiger partial charge >= 0.3 is 0 Å². The Bertz CT molecular complexity index is 882. The number of carbonyl (C=O) groups is 3. The summed E-state index contributed by atoms with van der Waals surface area (Å²) < 4.78 is 0. The molecule has 2 aromatic carbocycles. The molecule has 0 bridgehead atoms. The third kappa shape index (κ3) is 5.22. The molecule has 1 aliphatic rings. The van der Waals surface area contributed by atoms with Crippen LogP contribution in [-0.2, 0) is 20.8 Å². The predicted molar refractivity (Wildman–Crippen MR) is 112 cm³/mol. The summed E-state index contributed by atoms with van der Waals surface area (Å²) in [6.45, 7) is 4.18. The number of anilines is 1. The molecule has 3 amide bonds. The highest BCUT2D eigenvalue weighted by Crippen LogP contribution is 2.25. The van der Waals surface area contributed by atoms with Gasteiger partial charge in [-0.3, -0.25) is 14.4 Å². The highest BCUT2D eigenvalue weighted by Gasteiger charge is 2.35. The first-order chi connectivity index (χ1) is 14.0. The minimum absolute atomic E-state index is 0.0464. The Balaban J connectivity index is 1.81. The van der Waals surface area contributed by atoms with E-state index < -0.39 is 0 Å². The third-order valence-corrected chi connectivity index (χ3v) is 5.19. The van der Waals surface area contributed by atoms with E-state index in [4.69, 9.17) is 0 Å². The largest absolute Gasteiger partial charge is 0.356 e. The van der Waals surface area contributed by atoms with Crippen LogP contribution in [0.3, 0.4) is 0 Å². The van der Waals surface area contributed by atoms with Gasteiger partial charge in [-0.2, -0.15) is 0 Å². The van der Waals surface area contributed by atoms with Crippen molar-refractivity contribution in [1.29, 1.82) is 0 Å². The first-order valence-electron chi connectivity index (χ1n) is 9.89. The van der Waals surface area contributed by atoms with Crippen molar-refractivity contribution in [3.05, 3.63) is 65.7 Å². The molecule has 0 saturated carbocycles. The van der Waals surface area contributed by atoms with Crippen LogP contribution < -0.4 is 10.2 Å². The Morgan fingerprint density at radius 2 is 1.76 bits per heavy atom. The molecule has 1 N–H and O–H groups in total. The zero-order valence-electron chi connectivity index (χ0n) is 16.9. The number of nitrogens with one attached hydrogen (secondary N) is 1. The quantitative estimate of drug-likeness (QED) is 0.819. The van der Waals surface area contributed by atoms with E-state index in [2.05, 4.69) is 5.32 Å². The summed E-state index contributed by atoms with van der Waals surface area (Å²) in [5, 5.41) is 2.65. The van der Waals surface area contributed by atoms with Crippen molar-refractivity contribution in [2.75, 3.05) is 24.5 Å². The Hall–Kier alpha value is -3.15. The number of aryl methyl sites for hydroxylation is 1. The molecule has 1 heterocycles. The topological polar surface area (TPSA) is 69.7 Å². The van der Waals surface area contributed by atoms with Gasteiger partial charge in [0.25, 0.3) is 0 Å². The molecule has 29 heavy (non-hydrogen) atoms. The lowest BCUT2D eigenvalue weighted by Crippen LogP contribution is -2.59. The highest BCUT2D eigenvalue weighted by atomic mass is 16.2. The number of rotatable bonds is 6. The van der Waals surface area contributed by atoms with E-state index >= 15 is 0 Å². The fourth-order valence-corrected chi connectivity index (χ4v) is 3.71. The molecule has 0 spiro atoms. The number of amides is 3. The first kappa shape index (κ1) is 20.6. The standard InChI is InChI=1S/C23H27N3O3/c1-17-8-6-7-11-21(17)26-15-20(14-19-9-4-3-5-10-19)25(16-23(26)29)22(28)12-13-24-18(2)27/h3-11,20H,12-16H2,1-2H3,(H,24,27)/t20-/m1/s1. The molecule has 1 atom stereocenters. The summed E-state index contributed by atoms with van der Waals surface area (Å²) in [5.74, 6) is -0.368. The lowest BCUT2D eigenvalue weighted by molar-refractivity contribution is -0.139. The highest BCUT2D eigenvalue weighted by molar-refractivity contribution is 5.98. The average molecular weight is 393 g/mol. The molecule has 1 aliphatic heterocycles. The van der Waals surface area contributed by atoms with Crippen LogP contribution in [0.5, 0.6) is 0 Å². The Kier molecular flexibility index (Phi) is 6.65. The van der Waals surface area contributed by atoms with Crippen LogP contribution in [-0.4, -0.2) is 48.3 Å². The van der Waals surface area contributed by atoms with Gasteiger partial charge in [-0.1, -0.05) is 48.5 Å². The molecule has 0 unspecified atom stereocenters. The average Bonchev–Trinajstić information content (AvgIpc) is 2.70. The zero-order chi connectivity index (χ0) is 20.8. The maximum atomic E-state index is 12.9. The first-order valence-corrected chi connectivity index (χ1v) is 9.89. The van der Waals surface area contributed by atoms with E-state index in [1.54, 1.807) is 9.80 Å². The van der Waals surface area contributed by atoms with E-state index in [1.165, 1.54) is 6.92 Å². The fourth-order valence-electron chi connectivity index (χ4n) is 3.71. The van der Waals surface area contributed by atoms with Crippen molar-refractivity contribution in [2.24, 2.45) is 0 Å². The summed E-state index contributed by atoms with van der Waals surface area (Å²) in [4.78, 5) is 40.3. The van der Waals surface area contributed by atoms with Gasteiger partial charge in [0, 0.05) is 32.1 Å². The molecule has 1 fully saturated rings. The number of para-hydroxylation sites is 1. The maximum Gasteiger partial charge on any atom is 0.246 e. The summed E-state index contributed by atoms with van der Waals surface area (Å²) in [7, 11) is 0. The number of hydrogen-bond acceptors (Lipinski definition) is 3. The van der Waals surface area contributed by atoms with Crippen molar-refractivity contribution in [1.82, 2.24) is 10.2 Å². The molecule has 0 aliphatic carbocycles. The molecule has 1 saturated heterocycles. The molecule has 2 aromatic rings. The molecule has 152 valence electrons. The number of piperazine rings is 1. The monoisotopic (exact) mass is 393 g/mol. The van der Waals surface area contributed by atoms with Gasteiger partial charge in [-0.05, 0) is 30.5 Å². The second-order valence-corrected chi connectivity index (χ2v) is 7.39. The van der Waals surface area contributed by atoms with Gasteiger partial charge in [0.05, 0.1) is 6.04 Å². The summed E-state index contributed by atoms with van der Waals surface area (Å²) in [5.41, 5.74) is 3.04. The Morgan fingerprint density at radius 3 is 2.45 bits per heavy atom. The van der Waals surface area contributed by atoms with E-state index in [0.717, 1.165) is 16.8 Å². The van der Waals surface area contributed by atoms with Gasteiger partial charge in [0.2, 0.25) is 17.7 Å². The van der Waals surface area contributed by atoms with E-state index in [1.807, 2.05) is 61.5 Å². The summed E-state index contributed by atoms with van der Waals surface area (Å²) in [6.07, 6.45) is 0.852. The van der Waals surface area contributed by atoms with Gasteiger partial charge in [0.15, 0.2) is 0 Å². The van der Waals surface area contributed by atoms with Gasteiger partial charge in [-0.15, -0.1) is 0 Å². The molecule has 6 nitrogen and oxygen atoms in total. The predicted octanol–water partition coefficient (Wildman–Crippen LogP) is 2.31. The Morgan fingerprint density at radius 1 is 1.07 bits per heavy atom. The van der Waals surface area contributed by atoms with Crippen molar-refractivity contribution in [2.45, 2.75) is 32.7 Å². The molecular formula is C23H27N3O3. The van der Waals surface area contributed by atoms with Crippen LogP contribution in [0.25, 0.3) is 0 Å². The number of nitrogens with zero attached hydrogens (tertiary/aromatic N) is 2. The van der Waals surface area contributed by atoms with Crippen molar-refractivity contribution >= 4 is 23.4 Å². The lowest BCUT2D eigenvalue weighted by Gasteiger charge is -2.41. The molecular weight excluding hydrogens is 366 g/mol.